The smallest absolute Gasteiger partial charge is 0.347 e. The van der Waals surface area contributed by atoms with Gasteiger partial charge in [0.25, 0.3) is 0 Å². The number of ketones is 1. The Hall–Kier alpha value is -3.23. The van der Waals surface area contributed by atoms with E-state index in [1.165, 1.54) is 18.3 Å². The number of hydrogen-bond donors (Lipinski definition) is 0. The summed E-state index contributed by atoms with van der Waals surface area (Å²) in [5.74, 6) is -1.93. The zero-order valence-corrected chi connectivity index (χ0v) is 14.9. The molecule has 0 unspecified atom stereocenters. The standard InChI is InChI=1S/C18H15N3O4S/c1-11-10-26-17(21-11)15(8-20)16(22)9-24-18(23)12(2)25-14-5-3-13(7-19)4-6-14/h3-6,10,12,15H,9H2,1-2H3/t12-,15+/m0/s1. The van der Waals surface area contributed by atoms with Gasteiger partial charge in [0.2, 0.25) is 0 Å². The van der Waals surface area contributed by atoms with Crippen LogP contribution in [0.4, 0.5) is 0 Å². The normalized spacial score (nSPS) is 12.3. The van der Waals surface area contributed by atoms with Crippen LogP contribution in [0.3, 0.4) is 0 Å². The summed E-state index contributed by atoms with van der Waals surface area (Å²) in [5.41, 5.74) is 1.19. The summed E-state index contributed by atoms with van der Waals surface area (Å²) >= 11 is 1.21. The summed E-state index contributed by atoms with van der Waals surface area (Å²) in [6, 6.07) is 10.1. The number of thiazole rings is 1. The van der Waals surface area contributed by atoms with Crippen molar-refractivity contribution >= 4 is 23.1 Å². The van der Waals surface area contributed by atoms with Gasteiger partial charge in [-0.2, -0.15) is 10.5 Å². The molecule has 0 radical (unpaired) electrons. The lowest BCUT2D eigenvalue weighted by Gasteiger charge is -2.14. The molecule has 26 heavy (non-hydrogen) atoms. The molecule has 0 saturated carbocycles. The molecule has 1 heterocycles. The second kappa shape index (κ2) is 8.75. The van der Waals surface area contributed by atoms with Gasteiger partial charge in [-0.1, -0.05) is 0 Å². The average Bonchev–Trinajstić information content (AvgIpc) is 3.06. The van der Waals surface area contributed by atoms with Crippen LogP contribution < -0.4 is 4.74 Å². The molecule has 1 aromatic carbocycles. The van der Waals surface area contributed by atoms with E-state index in [-0.39, 0.29) is 0 Å². The van der Waals surface area contributed by atoms with E-state index in [0.717, 1.165) is 5.69 Å². The number of esters is 1. The summed E-state index contributed by atoms with van der Waals surface area (Å²) in [4.78, 5) is 28.2. The van der Waals surface area contributed by atoms with Crippen LogP contribution in [0.15, 0.2) is 29.6 Å². The van der Waals surface area contributed by atoms with E-state index in [4.69, 9.17) is 14.7 Å². The zero-order chi connectivity index (χ0) is 19.1. The van der Waals surface area contributed by atoms with Crippen LogP contribution in [0.2, 0.25) is 0 Å². The molecular weight excluding hydrogens is 354 g/mol. The van der Waals surface area contributed by atoms with Crippen LogP contribution in [0.1, 0.15) is 29.1 Å². The SMILES string of the molecule is Cc1csc([C@H](C#N)C(=O)COC(=O)[C@H](C)Oc2ccc(C#N)cc2)n1. The monoisotopic (exact) mass is 369 g/mol. The van der Waals surface area contributed by atoms with Gasteiger partial charge in [0.05, 0.1) is 17.7 Å². The molecule has 0 saturated heterocycles. The minimum atomic E-state index is -1.06. The molecule has 132 valence electrons. The number of Topliss-reactive ketones (excluding diaryl/α,β-unsaturated/α-hetero) is 1. The van der Waals surface area contributed by atoms with Crippen molar-refractivity contribution in [2.75, 3.05) is 6.61 Å². The highest BCUT2D eigenvalue weighted by Gasteiger charge is 2.26. The first-order chi connectivity index (χ1) is 12.4. The minimum Gasteiger partial charge on any atom is -0.479 e. The number of aromatic nitrogens is 1. The van der Waals surface area contributed by atoms with Crippen molar-refractivity contribution < 1.29 is 19.1 Å². The van der Waals surface area contributed by atoms with Crippen molar-refractivity contribution in [1.29, 1.82) is 10.5 Å². The molecule has 0 N–H and O–H groups in total. The highest BCUT2D eigenvalue weighted by molar-refractivity contribution is 7.09. The number of benzene rings is 1. The van der Waals surface area contributed by atoms with Gasteiger partial charge in [-0.05, 0) is 38.1 Å². The Morgan fingerprint density at radius 3 is 2.50 bits per heavy atom. The Morgan fingerprint density at radius 1 is 1.27 bits per heavy atom. The summed E-state index contributed by atoms with van der Waals surface area (Å²) in [7, 11) is 0. The predicted molar refractivity (Wildman–Crippen MR) is 92.4 cm³/mol. The molecule has 0 bridgehead atoms. The number of hydrogen-bond acceptors (Lipinski definition) is 8. The van der Waals surface area contributed by atoms with Crippen molar-refractivity contribution in [3.63, 3.8) is 0 Å². The lowest BCUT2D eigenvalue weighted by atomic mass is 10.1. The molecule has 0 spiro atoms. The molecule has 0 fully saturated rings. The van der Waals surface area contributed by atoms with E-state index >= 15 is 0 Å². The Morgan fingerprint density at radius 2 is 1.96 bits per heavy atom. The topological polar surface area (TPSA) is 113 Å². The fraction of sp³-hybridized carbons (Fsp3) is 0.278. The molecule has 2 rings (SSSR count). The van der Waals surface area contributed by atoms with Gasteiger partial charge in [-0.25, -0.2) is 9.78 Å². The molecule has 1 aromatic heterocycles. The second-order valence-corrected chi connectivity index (χ2v) is 6.25. The minimum absolute atomic E-state index is 0.382. The van der Waals surface area contributed by atoms with E-state index in [9.17, 15) is 14.9 Å². The molecule has 0 aliphatic carbocycles. The van der Waals surface area contributed by atoms with Gasteiger partial charge < -0.3 is 9.47 Å². The molecule has 7 nitrogen and oxygen atoms in total. The highest BCUT2D eigenvalue weighted by Crippen LogP contribution is 2.21. The third kappa shape index (κ3) is 4.88. The van der Waals surface area contributed by atoms with E-state index in [2.05, 4.69) is 4.98 Å². The average molecular weight is 369 g/mol. The van der Waals surface area contributed by atoms with Gasteiger partial charge in [0.1, 0.15) is 10.8 Å². The first-order valence-electron chi connectivity index (χ1n) is 7.62. The molecule has 2 atom stereocenters. The quantitative estimate of drug-likeness (QED) is 0.689. The second-order valence-electron chi connectivity index (χ2n) is 5.36. The van der Waals surface area contributed by atoms with Crippen molar-refractivity contribution in [3.8, 4) is 17.9 Å². The van der Waals surface area contributed by atoms with Crippen LogP contribution >= 0.6 is 11.3 Å². The van der Waals surface area contributed by atoms with Gasteiger partial charge in [-0.3, -0.25) is 4.79 Å². The van der Waals surface area contributed by atoms with Gasteiger partial charge in [0.15, 0.2) is 24.4 Å². The number of ether oxygens (including phenoxy) is 2. The van der Waals surface area contributed by atoms with Gasteiger partial charge in [-0.15, -0.1) is 11.3 Å². The molecule has 0 amide bonds. The number of carbonyl (C=O) groups is 2. The summed E-state index contributed by atoms with van der Waals surface area (Å²) in [5, 5.41) is 20.0. The fourth-order valence-electron chi connectivity index (χ4n) is 1.97. The highest BCUT2D eigenvalue weighted by atomic mass is 32.1. The maximum absolute atomic E-state index is 12.1. The lowest BCUT2D eigenvalue weighted by molar-refractivity contribution is -0.154. The Kier molecular flexibility index (Phi) is 6.42. The molecule has 8 heteroatoms. The van der Waals surface area contributed by atoms with Crippen molar-refractivity contribution in [1.82, 2.24) is 4.98 Å². The zero-order valence-electron chi connectivity index (χ0n) is 14.1. The van der Waals surface area contributed by atoms with E-state index in [1.807, 2.05) is 12.1 Å². The molecule has 0 aliphatic heterocycles. The third-order valence-electron chi connectivity index (χ3n) is 3.32. The van der Waals surface area contributed by atoms with Crippen molar-refractivity contribution in [2.45, 2.75) is 25.9 Å². The van der Waals surface area contributed by atoms with Gasteiger partial charge in [0, 0.05) is 11.1 Å². The van der Waals surface area contributed by atoms with E-state index in [0.29, 0.717) is 16.3 Å². The third-order valence-corrected chi connectivity index (χ3v) is 4.35. The lowest BCUT2D eigenvalue weighted by Crippen LogP contribution is -2.29. The Labute approximate surface area is 154 Å². The number of rotatable bonds is 7. The summed E-state index contributed by atoms with van der Waals surface area (Å²) in [6.45, 7) is 2.72. The fourth-order valence-corrected chi connectivity index (χ4v) is 2.83. The number of nitriles is 2. The number of nitrogens with zero attached hydrogens (tertiary/aromatic N) is 3. The first-order valence-corrected chi connectivity index (χ1v) is 8.50. The molecule has 2 aromatic rings. The Balaban J connectivity index is 1.89. The van der Waals surface area contributed by atoms with Crippen LogP contribution in [0.25, 0.3) is 0 Å². The first kappa shape index (κ1) is 19.1. The van der Waals surface area contributed by atoms with Crippen molar-refractivity contribution in [2.24, 2.45) is 0 Å². The molecule has 0 aliphatic rings. The predicted octanol–water partition coefficient (Wildman–Crippen LogP) is 2.51. The maximum Gasteiger partial charge on any atom is 0.347 e. The van der Waals surface area contributed by atoms with Crippen molar-refractivity contribution in [3.05, 3.63) is 45.9 Å². The van der Waals surface area contributed by atoms with Crippen LogP contribution in [-0.4, -0.2) is 29.4 Å². The number of carbonyl (C=O) groups excluding carboxylic acids is 2. The van der Waals surface area contributed by atoms with Gasteiger partial charge >= 0.3 is 5.97 Å². The van der Waals surface area contributed by atoms with E-state index < -0.39 is 30.4 Å². The van der Waals surface area contributed by atoms with E-state index in [1.54, 1.807) is 36.6 Å². The maximum atomic E-state index is 12.1. The van der Waals surface area contributed by atoms with Crippen LogP contribution in [-0.2, 0) is 14.3 Å². The summed E-state index contributed by atoms with van der Waals surface area (Å²) in [6.07, 6.45) is -0.946. The van der Waals surface area contributed by atoms with Crippen LogP contribution in [0.5, 0.6) is 5.75 Å². The molecular formula is C18H15N3O4S. The summed E-state index contributed by atoms with van der Waals surface area (Å²) < 4.78 is 10.4. The van der Waals surface area contributed by atoms with Crippen LogP contribution in [0, 0.1) is 29.6 Å². The Bertz CT molecular complexity index is 877. The number of aryl methyl sites for hydroxylation is 1. The largest absolute Gasteiger partial charge is 0.479 e.